The molecule has 0 aliphatic rings. The average Bonchev–Trinajstić information content (AvgIpc) is 2.33. The van der Waals surface area contributed by atoms with Crippen molar-refractivity contribution in [2.24, 2.45) is 5.92 Å². The summed E-state index contributed by atoms with van der Waals surface area (Å²) in [4.78, 5) is 0. The minimum atomic E-state index is 0.206. The van der Waals surface area contributed by atoms with Gasteiger partial charge in [-0.25, -0.2) is 0 Å². The number of rotatable bonds is 7. The highest BCUT2D eigenvalue weighted by atomic mass is 16.5. The summed E-state index contributed by atoms with van der Waals surface area (Å²) in [5, 5.41) is 13.0. The predicted octanol–water partition coefficient (Wildman–Crippen LogP) is 2.93. The smallest absolute Gasteiger partial charge is 0.161 e. The van der Waals surface area contributed by atoms with Crippen LogP contribution in [0.25, 0.3) is 0 Å². The summed E-state index contributed by atoms with van der Waals surface area (Å²) in [5.74, 6) is 1.46. The zero-order valence-electron chi connectivity index (χ0n) is 11.0. The topological polar surface area (TPSA) is 41.5 Å². The van der Waals surface area contributed by atoms with E-state index in [-0.39, 0.29) is 5.75 Å². The van der Waals surface area contributed by atoms with Gasteiger partial charge in [0.1, 0.15) is 0 Å². The van der Waals surface area contributed by atoms with Gasteiger partial charge >= 0.3 is 0 Å². The quantitative estimate of drug-likeness (QED) is 0.766. The van der Waals surface area contributed by atoms with Gasteiger partial charge in [-0.1, -0.05) is 26.3 Å². The molecule has 0 bridgehead atoms. The van der Waals surface area contributed by atoms with Crippen LogP contribution in [0.3, 0.4) is 0 Å². The van der Waals surface area contributed by atoms with Gasteiger partial charge in [-0.2, -0.15) is 0 Å². The molecule has 1 aromatic carbocycles. The van der Waals surface area contributed by atoms with Gasteiger partial charge in [0.2, 0.25) is 0 Å². The summed E-state index contributed by atoms with van der Waals surface area (Å²) in [7, 11) is 0. The van der Waals surface area contributed by atoms with Gasteiger partial charge in [0, 0.05) is 6.54 Å². The van der Waals surface area contributed by atoms with Gasteiger partial charge in [-0.05, 0) is 37.1 Å². The number of hydrogen-bond acceptors (Lipinski definition) is 3. The maximum absolute atomic E-state index is 9.57. The lowest BCUT2D eigenvalue weighted by Crippen LogP contribution is -2.20. The van der Waals surface area contributed by atoms with Gasteiger partial charge in [0.15, 0.2) is 11.5 Å². The molecule has 3 nitrogen and oxygen atoms in total. The van der Waals surface area contributed by atoms with Crippen molar-refractivity contribution < 1.29 is 9.84 Å². The Labute approximate surface area is 104 Å². The van der Waals surface area contributed by atoms with Gasteiger partial charge < -0.3 is 15.2 Å². The molecule has 3 heteroatoms. The molecular formula is C14H23NO2. The van der Waals surface area contributed by atoms with Crippen LogP contribution in [-0.2, 0) is 6.54 Å². The third kappa shape index (κ3) is 4.65. The second kappa shape index (κ2) is 7.17. The van der Waals surface area contributed by atoms with Crippen molar-refractivity contribution in [3.63, 3.8) is 0 Å². The molecule has 0 aromatic heterocycles. The molecular weight excluding hydrogens is 214 g/mol. The van der Waals surface area contributed by atoms with Crippen LogP contribution in [0.1, 0.15) is 32.8 Å². The number of phenols is 1. The van der Waals surface area contributed by atoms with Gasteiger partial charge in [0.05, 0.1) is 6.61 Å². The molecule has 1 unspecified atom stereocenters. The van der Waals surface area contributed by atoms with Crippen LogP contribution in [0, 0.1) is 5.92 Å². The number of phenolic OH excluding ortho intramolecular Hbond substituents is 1. The lowest BCUT2D eigenvalue weighted by atomic mass is 10.1. The summed E-state index contributed by atoms with van der Waals surface area (Å²) in [6.07, 6.45) is 1.19. The Morgan fingerprint density at radius 1 is 1.35 bits per heavy atom. The van der Waals surface area contributed by atoms with Crippen molar-refractivity contribution in [1.82, 2.24) is 5.32 Å². The zero-order valence-corrected chi connectivity index (χ0v) is 11.0. The molecule has 17 heavy (non-hydrogen) atoms. The third-order valence-electron chi connectivity index (χ3n) is 2.84. The molecule has 1 atom stereocenters. The van der Waals surface area contributed by atoms with Crippen molar-refractivity contribution in [2.75, 3.05) is 13.2 Å². The number of aromatic hydroxyl groups is 1. The van der Waals surface area contributed by atoms with E-state index in [9.17, 15) is 5.11 Å². The first-order valence-electron chi connectivity index (χ1n) is 6.32. The number of hydrogen-bond donors (Lipinski definition) is 2. The van der Waals surface area contributed by atoms with E-state index in [1.807, 2.05) is 19.1 Å². The fourth-order valence-electron chi connectivity index (χ4n) is 1.55. The van der Waals surface area contributed by atoms with E-state index in [1.165, 1.54) is 6.42 Å². The van der Waals surface area contributed by atoms with Crippen LogP contribution in [0.15, 0.2) is 18.2 Å². The number of ether oxygens (including phenoxy) is 1. The molecule has 1 rings (SSSR count). The van der Waals surface area contributed by atoms with Crippen molar-refractivity contribution in [2.45, 2.75) is 33.7 Å². The average molecular weight is 237 g/mol. The summed E-state index contributed by atoms with van der Waals surface area (Å²) >= 11 is 0. The van der Waals surface area contributed by atoms with Crippen LogP contribution in [0.2, 0.25) is 0 Å². The van der Waals surface area contributed by atoms with E-state index in [4.69, 9.17) is 4.74 Å². The second-order valence-electron chi connectivity index (χ2n) is 4.38. The Morgan fingerprint density at radius 2 is 2.12 bits per heavy atom. The number of benzene rings is 1. The minimum absolute atomic E-state index is 0.206. The molecule has 0 radical (unpaired) electrons. The monoisotopic (exact) mass is 237 g/mol. The molecule has 2 N–H and O–H groups in total. The number of nitrogens with one attached hydrogen (secondary N) is 1. The molecule has 0 aliphatic heterocycles. The van der Waals surface area contributed by atoms with Gasteiger partial charge in [-0.15, -0.1) is 0 Å². The molecule has 0 amide bonds. The van der Waals surface area contributed by atoms with Crippen LogP contribution in [0.4, 0.5) is 0 Å². The molecule has 0 saturated heterocycles. The highest BCUT2D eigenvalue weighted by molar-refractivity contribution is 5.41. The molecule has 96 valence electrons. The lowest BCUT2D eigenvalue weighted by Gasteiger charge is -2.11. The summed E-state index contributed by atoms with van der Waals surface area (Å²) in [6.45, 7) is 8.73. The molecule has 0 aliphatic carbocycles. The SMILES string of the molecule is CCOc1cc(CNCC(C)CC)ccc1O. The predicted molar refractivity (Wildman–Crippen MR) is 70.4 cm³/mol. The Hall–Kier alpha value is -1.22. The zero-order chi connectivity index (χ0) is 12.7. The summed E-state index contributed by atoms with van der Waals surface area (Å²) in [6, 6.07) is 5.50. The third-order valence-corrected chi connectivity index (χ3v) is 2.84. The van der Waals surface area contributed by atoms with Crippen LogP contribution < -0.4 is 10.1 Å². The maximum atomic E-state index is 9.57. The Morgan fingerprint density at radius 3 is 2.76 bits per heavy atom. The highest BCUT2D eigenvalue weighted by Gasteiger charge is 2.04. The highest BCUT2D eigenvalue weighted by Crippen LogP contribution is 2.26. The minimum Gasteiger partial charge on any atom is -0.504 e. The maximum Gasteiger partial charge on any atom is 0.161 e. The van der Waals surface area contributed by atoms with E-state index in [1.54, 1.807) is 6.07 Å². The van der Waals surface area contributed by atoms with Gasteiger partial charge in [0.25, 0.3) is 0 Å². The van der Waals surface area contributed by atoms with Crippen molar-refractivity contribution in [1.29, 1.82) is 0 Å². The Balaban J connectivity index is 2.51. The lowest BCUT2D eigenvalue weighted by molar-refractivity contribution is 0.317. The first kappa shape index (κ1) is 13.8. The van der Waals surface area contributed by atoms with Crippen molar-refractivity contribution in [3.8, 4) is 11.5 Å². The van der Waals surface area contributed by atoms with E-state index in [2.05, 4.69) is 19.2 Å². The largest absolute Gasteiger partial charge is 0.504 e. The van der Waals surface area contributed by atoms with Crippen molar-refractivity contribution >= 4 is 0 Å². The van der Waals surface area contributed by atoms with E-state index < -0.39 is 0 Å². The van der Waals surface area contributed by atoms with E-state index >= 15 is 0 Å². The molecule has 0 spiro atoms. The summed E-state index contributed by atoms with van der Waals surface area (Å²) < 4.78 is 5.35. The molecule has 0 saturated carbocycles. The van der Waals surface area contributed by atoms with Crippen molar-refractivity contribution in [3.05, 3.63) is 23.8 Å². The van der Waals surface area contributed by atoms with E-state index in [0.29, 0.717) is 18.3 Å². The molecule has 0 fully saturated rings. The Bertz CT molecular complexity index is 339. The Kier molecular flexibility index (Phi) is 5.84. The van der Waals surface area contributed by atoms with E-state index in [0.717, 1.165) is 18.7 Å². The van der Waals surface area contributed by atoms with Crippen LogP contribution >= 0.6 is 0 Å². The summed E-state index contributed by atoms with van der Waals surface area (Å²) in [5.41, 5.74) is 1.13. The van der Waals surface area contributed by atoms with Gasteiger partial charge in [-0.3, -0.25) is 0 Å². The fraction of sp³-hybridized carbons (Fsp3) is 0.571. The normalized spacial score (nSPS) is 12.4. The first-order chi connectivity index (χ1) is 8.17. The molecule has 0 heterocycles. The first-order valence-corrected chi connectivity index (χ1v) is 6.32. The molecule has 1 aromatic rings. The van der Waals surface area contributed by atoms with Crippen LogP contribution in [-0.4, -0.2) is 18.3 Å². The standard InChI is InChI=1S/C14H23NO2/c1-4-11(3)9-15-10-12-6-7-13(16)14(8-12)17-5-2/h6-8,11,15-16H,4-5,9-10H2,1-3H3. The second-order valence-corrected chi connectivity index (χ2v) is 4.38. The fourth-order valence-corrected chi connectivity index (χ4v) is 1.55. The van der Waals surface area contributed by atoms with Crippen LogP contribution in [0.5, 0.6) is 11.5 Å².